The molecule has 0 saturated carbocycles. The van der Waals surface area contributed by atoms with E-state index in [9.17, 15) is 13.2 Å². The van der Waals surface area contributed by atoms with E-state index in [0.717, 1.165) is 10.6 Å². The Morgan fingerprint density at radius 2 is 1.84 bits per heavy atom. The topological polar surface area (TPSA) is 99.5 Å². The molecule has 0 bridgehead atoms. The summed E-state index contributed by atoms with van der Waals surface area (Å²) < 4.78 is 30.4. The van der Waals surface area contributed by atoms with Gasteiger partial charge in [-0.2, -0.15) is 5.26 Å². The van der Waals surface area contributed by atoms with Crippen LogP contribution in [0.15, 0.2) is 48.5 Å². The van der Waals surface area contributed by atoms with Crippen molar-refractivity contribution in [3.63, 3.8) is 0 Å². The van der Waals surface area contributed by atoms with Crippen LogP contribution >= 0.6 is 0 Å². The fourth-order valence-corrected chi connectivity index (χ4v) is 3.09. The molecule has 2 rings (SSSR count). The van der Waals surface area contributed by atoms with Crippen LogP contribution in [0, 0.1) is 11.3 Å². The maximum atomic E-state index is 12.3. The molecule has 0 heterocycles. The Morgan fingerprint density at radius 1 is 1.20 bits per heavy atom. The maximum absolute atomic E-state index is 12.3. The molecule has 130 valence electrons. The lowest BCUT2D eigenvalue weighted by molar-refractivity contribution is -0.114. The van der Waals surface area contributed by atoms with Crippen molar-refractivity contribution < 1.29 is 17.9 Å². The minimum atomic E-state index is -3.73. The van der Waals surface area contributed by atoms with Crippen LogP contribution < -0.4 is 14.4 Å². The summed E-state index contributed by atoms with van der Waals surface area (Å²) in [7, 11) is -2.31. The summed E-state index contributed by atoms with van der Waals surface area (Å²) in [4.78, 5) is 12.3. The molecule has 0 unspecified atom stereocenters. The molecule has 0 atom stereocenters. The van der Waals surface area contributed by atoms with Crippen molar-refractivity contribution in [3.8, 4) is 11.8 Å². The van der Waals surface area contributed by atoms with Crippen LogP contribution in [0.25, 0.3) is 0 Å². The van der Waals surface area contributed by atoms with Crippen LogP contribution in [0.3, 0.4) is 0 Å². The molecule has 0 spiro atoms. The molecule has 7 nitrogen and oxygen atoms in total. The van der Waals surface area contributed by atoms with Crippen molar-refractivity contribution in [1.29, 1.82) is 5.26 Å². The number of hydrogen-bond donors (Lipinski definition) is 1. The maximum Gasteiger partial charge on any atom is 0.245 e. The monoisotopic (exact) mass is 359 g/mol. The molecule has 8 heteroatoms. The van der Waals surface area contributed by atoms with E-state index in [0.29, 0.717) is 17.0 Å². The fraction of sp³-hybridized carbons (Fsp3) is 0.176. The molecule has 0 fully saturated rings. The first kappa shape index (κ1) is 18.3. The molecule has 25 heavy (non-hydrogen) atoms. The number of benzene rings is 2. The third-order valence-corrected chi connectivity index (χ3v) is 4.49. The summed E-state index contributed by atoms with van der Waals surface area (Å²) in [5.41, 5.74) is 0.874. The van der Waals surface area contributed by atoms with Crippen molar-refractivity contribution in [1.82, 2.24) is 0 Å². The van der Waals surface area contributed by atoms with Gasteiger partial charge in [-0.1, -0.05) is 24.3 Å². The Hall–Kier alpha value is -3.05. The van der Waals surface area contributed by atoms with Gasteiger partial charge < -0.3 is 10.1 Å². The zero-order valence-corrected chi connectivity index (χ0v) is 14.6. The molecule has 0 radical (unpaired) electrons. The van der Waals surface area contributed by atoms with Gasteiger partial charge in [0.15, 0.2) is 0 Å². The first-order valence-corrected chi connectivity index (χ1v) is 9.11. The molecule has 2 aromatic rings. The number of nitriles is 1. The number of carbonyl (C=O) groups excluding carboxylic acids is 1. The Bertz CT molecular complexity index is 919. The van der Waals surface area contributed by atoms with Crippen LogP contribution in [0.4, 0.5) is 11.4 Å². The number of anilines is 2. The number of hydrogen-bond acceptors (Lipinski definition) is 5. The lowest BCUT2D eigenvalue weighted by Crippen LogP contribution is -2.37. The number of rotatable bonds is 6. The number of amides is 1. The first-order chi connectivity index (χ1) is 11.9. The molecular formula is C17H17N3O4S. The van der Waals surface area contributed by atoms with Gasteiger partial charge in [-0.25, -0.2) is 8.42 Å². The summed E-state index contributed by atoms with van der Waals surface area (Å²) in [5.74, 6) is -0.239. The quantitative estimate of drug-likeness (QED) is 0.850. The van der Waals surface area contributed by atoms with Gasteiger partial charge in [0.1, 0.15) is 18.4 Å². The predicted molar refractivity (Wildman–Crippen MR) is 95.0 cm³/mol. The molecule has 0 aliphatic rings. The van der Waals surface area contributed by atoms with Crippen LogP contribution in [0.1, 0.15) is 5.56 Å². The van der Waals surface area contributed by atoms with Gasteiger partial charge in [0.05, 0.1) is 30.3 Å². The van der Waals surface area contributed by atoms with E-state index < -0.39 is 22.5 Å². The van der Waals surface area contributed by atoms with E-state index in [1.807, 2.05) is 6.07 Å². The third-order valence-electron chi connectivity index (χ3n) is 3.36. The normalized spacial score (nSPS) is 10.6. The van der Waals surface area contributed by atoms with E-state index >= 15 is 0 Å². The number of ether oxygens (including phenoxy) is 1. The van der Waals surface area contributed by atoms with Crippen molar-refractivity contribution in [2.75, 3.05) is 29.5 Å². The van der Waals surface area contributed by atoms with Crippen LogP contribution in [0.5, 0.6) is 5.75 Å². The molecule has 2 aromatic carbocycles. The van der Waals surface area contributed by atoms with Gasteiger partial charge in [0.25, 0.3) is 0 Å². The zero-order valence-electron chi connectivity index (χ0n) is 13.8. The summed E-state index contributed by atoms with van der Waals surface area (Å²) in [6.45, 7) is -0.445. The van der Waals surface area contributed by atoms with E-state index in [-0.39, 0.29) is 5.69 Å². The highest BCUT2D eigenvalue weighted by Gasteiger charge is 2.24. The van der Waals surface area contributed by atoms with Crippen LogP contribution in [0.2, 0.25) is 0 Å². The molecular weight excluding hydrogens is 342 g/mol. The highest BCUT2D eigenvalue weighted by Crippen LogP contribution is 2.29. The Labute approximate surface area is 146 Å². The average molecular weight is 359 g/mol. The van der Waals surface area contributed by atoms with Gasteiger partial charge in [-0.3, -0.25) is 9.10 Å². The van der Waals surface area contributed by atoms with Gasteiger partial charge >= 0.3 is 0 Å². The molecule has 0 aliphatic carbocycles. The van der Waals surface area contributed by atoms with Crippen molar-refractivity contribution in [2.45, 2.75) is 0 Å². The van der Waals surface area contributed by atoms with E-state index in [1.54, 1.807) is 48.5 Å². The number of nitrogens with zero attached hydrogens (tertiary/aromatic N) is 2. The summed E-state index contributed by atoms with van der Waals surface area (Å²) in [6, 6.07) is 15.0. The molecule has 0 saturated heterocycles. The van der Waals surface area contributed by atoms with Crippen LogP contribution in [-0.2, 0) is 14.8 Å². The van der Waals surface area contributed by atoms with Crippen molar-refractivity contribution >= 4 is 27.3 Å². The second kappa shape index (κ2) is 7.68. The van der Waals surface area contributed by atoms with E-state index in [1.165, 1.54) is 7.11 Å². The van der Waals surface area contributed by atoms with Crippen LogP contribution in [-0.4, -0.2) is 34.2 Å². The van der Waals surface area contributed by atoms with Gasteiger partial charge in [0, 0.05) is 0 Å². The average Bonchev–Trinajstić information content (AvgIpc) is 2.59. The number of carbonyl (C=O) groups is 1. The number of nitrogens with one attached hydrogen (secondary N) is 1. The summed E-state index contributed by atoms with van der Waals surface area (Å²) in [6.07, 6.45) is 1.01. The lowest BCUT2D eigenvalue weighted by atomic mass is 10.2. The third kappa shape index (κ3) is 4.49. The Balaban J connectivity index is 2.29. The largest absolute Gasteiger partial charge is 0.495 e. The number of methoxy groups -OCH3 is 1. The first-order valence-electron chi connectivity index (χ1n) is 7.26. The van der Waals surface area contributed by atoms with Gasteiger partial charge in [0.2, 0.25) is 15.9 Å². The SMILES string of the molecule is COc1ccccc1N(CC(=O)Nc1ccccc1C#N)S(C)(=O)=O. The molecule has 0 aromatic heterocycles. The van der Waals surface area contributed by atoms with Crippen molar-refractivity contribution in [2.24, 2.45) is 0 Å². The predicted octanol–water partition coefficient (Wildman–Crippen LogP) is 1.97. The highest BCUT2D eigenvalue weighted by molar-refractivity contribution is 7.92. The lowest BCUT2D eigenvalue weighted by Gasteiger charge is -2.23. The zero-order chi connectivity index (χ0) is 18.4. The summed E-state index contributed by atoms with van der Waals surface area (Å²) >= 11 is 0. The second-order valence-electron chi connectivity index (χ2n) is 5.15. The highest BCUT2D eigenvalue weighted by atomic mass is 32.2. The van der Waals surface area contributed by atoms with E-state index in [4.69, 9.17) is 10.00 Å². The van der Waals surface area contributed by atoms with E-state index in [2.05, 4.69) is 5.32 Å². The summed E-state index contributed by atoms with van der Waals surface area (Å²) in [5, 5.41) is 11.6. The smallest absolute Gasteiger partial charge is 0.245 e. The minimum Gasteiger partial charge on any atom is -0.495 e. The van der Waals surface area contributed by atoms with Gasteiger partial charge in [-0.05, 0) is 24.3 Å². The standard InChI is InChI=1S/C17H17N3O4S/c1-24-16-10-6-5-9-15(16)20(25(2,22)23)12-17(21)19-14-8-4-3-7-13(14)11-18/h3-10H,12H2,1-2H3,(H,19,21). The fourth-order valence-electron chi connectivity index (χ4n) is 2.23. The van der Waals surface area contributed by atoms with Crippen molar-refractivity contribution in [3.05, 3.63) is 54.1 Å². The second-order valence-corrected chi connectivity index (χ2v) is 7.05. The minimum absolute atomic E-state index is 0.260. The molecule has 1 N–H and O–H groups in total. The Morgan fingerprint density at radius 3 is 2.48 bits per heavy atom. The molecule has 0 aliphatic heterocycles. The Kier molecular flexibility index (Phi) is 5.62. The number of para-hydroxylation sites is 3. The number of sulfonamides is 1. The van der Waals surface area contributed by atoms with Gasteiger partial charge in [-0.15, -0.1) is 0 Å². The molecule has 1 amide bonds.